The van der Waals surface area contributed by atoms with E-state index < -0.39 is 0 Å². The number of nitrogens with zero attached hydrogens (tertiary/aromatic N) is 5. The van der Waals surface area contributed by atoms with Crippen LogP contribution >= 0.6 is 0 Å². The summed E-state index contributed by atoms with van der Waals surface area (Å²) in [5, 5.41) is 4.59. The zero-order valence-corrected chi connectivity index (χ0v) is 11.4. The fourth-order valence-electron chi connectivity index (χ4n) is 1.95. The number of hydrogen-bond acceptors (Lipinski definition) is 4. The number of aldehydes is 1. The van der Waals surface area contributed by atoms with Crippen molar-refractivity contribution in [3.63, 3.8) is 0 Å². The standard InChI is InChI=1S/C13H19N5O/c1-16(2)13-9-12(10-17-7-5-14-11-17)15-18(13)6-3-4-8-19/h5,7-9,11H,3-4,6,10H2,1-2H3. The highest BCUT2D eigenvalue weighted by Crippen LogP contribution is 2.15. The molecule has 0 saturated heterocycles. The lowest BCUT2D eigenvalue weighted by atomic mass is 10.3. The zero-order valence-electron chi connectivity index (χ0n) is 11.4. The quantitative estimate of drug-likeness (QED) is 0.554. The molecule has 6 nitrogen and oxygen atoms in total. The van der Waals surface area contributed by atoms with E-state index in [9.17, 15) is 4.79 Å². The molecule has 0 saturated carbocycles. The van der Waals surface area contributed by atoms with Crippen LogP contribution in [0, 0.1) is 0 Å². The SMILES string of the molecule is CN(C)c1cc(Cn2ccnc2)nn1CCCC=O. The molecule has 2 rings (SSSR count). The third-order valence-electron chi connectivity index (χ3n) is 2.86. The van der Waals surface area contributed by atoms with Gasteiger partial charge in [-0.2, -0.15) is 5.10 Å². The van der Waals surface area contributed by atoms with Crippen LogP contribution in [0.2, 0.25) is 0 Å². The third-order valence-corrected chi connectivity index (χ3v) is 2.86. The Morgan fingerprint density at radius 3 is 2.89 bits per heavy atom. The molecular weight excluding hydrogens is 242 g/mol. The molecular formula is C13H19N5O. The van der Waals surface area contributed by atoms with Crippen molar-refractivity contribution in [2.45, 2.75) is 25.9 Å². The van der Waals surface area contributed by atoms with E-state index in [1.165, 1.54) is 0 Å². The van der Waals surface area contributed by atoms with Gasteiger partial charge in [0, 0.05) is 45.5 Å². The number of anilines is 1. The van der Waals surface area contributed by atoms with Crippen molar-refractivity contribution >= 4 is 12.1 Å². The van der Waals surface area contributed by atoms with Crippen LogP contribution < -0.4 is 4.90 Å². The molecule has 0 fully saturated rings. The average molecular weight is 261 g/mol. The molecule has 0 aliphatic rings. The molecule has 0 bridgehead atoms. The number of carbonyl (C=O) groups excluding carboxylic acids is 1. The molecule has 0 aliphatic carbocycles. The molecule has 6 heteroatoms. The molecule has 2 aromatic heterocycles. The number of carbonyl (C=O) groups is 1. The summed E-state index contributed by atoms with van der Waals surface area (Å²) in [6.45, 7) is 1.47. The minimum Gasteiger partial charge on any atom is -0.363 e. The highest BCUT2D eigenvalue weighted by atomic mass is 16.1. The highest BCUT2D eigenvalue weighted by Gasteiger charge is 2.09. The Labute approximate surface area is 112 Å². The molecule has 0 atom stereocenters. The third kappa shape index (κ3) is 3.43. The molecule has 2 heterocycles. The molecule has 0 aromatic carbocycles. The first kappa shape index (κ1) is 13.3. The van der Waals surface area contributed by atoms with Gasteiger partial charge in [0.15, 0.2) is 0 Å². The second kappa shape index (κ2) is 6.17. The number of aromatic nitrogens is 4. The fourth-order valence-corrected chi connectivity index (χ4v) is 1.95. The summed E-state index contributed by atoms with van der Waals surface area (Å²) in [7, 11) is 3.99. The lowest BCUT2D eigenvalue weighted by Crippen LogP contribution is -2.15. The minimum atomic E-state index is 0.573. The summed E-state index contributed by atoms with van der Waals surface area (Å²) in [6.07, 6.45) is 7.79. The maximum absolute atomic E-state index is 10.4. The predicted molar refractivity (Wildman–Crippen MR) is 73.2 cm³/mol. The maximum Gasteiger partial charge on any atom is 0.126 e. The Kier molecular flexibility index (Phi) is 4.33. The van der Waals surface area contributed by atoms with Crippen molar-refractivity contribution in [3.05, 3.63) is 30.5 Å². The van der Waals surface area contributed by atoms with Crippen LogP contribution in [0.4, 0.5) is 5.82 Å². The van der Waals surface area contributed by atoms with Gasteiger partial charge in [-0.25, -0.2) is 9.67 Å². The van der Waals surface area contributed by atoms with E-state index in [2.05, 4.69) is 16.1 Å². The van der Waals surface area contributed by atoms with Crippen LogP contribution in [0.25, 0.3) is 0 Å². The number of imidazole rings is 1. The van der Waals surface area contributed by atoms with Gasteiger partial charge < -0.3 is 14.3 Å². The monoisotopic (exact) mass is 261 g/mol. The lowest BCUT2D eigenvalue weighted by Gasteiger charge is -2.13. The Hall–Kier alpha value is -2.11. The molecule has 102 valence electrons. The van der Waals surface area contributed by atoms with Crippen LogP contribution in [0.5, 0.6) is 0 Å². The summed E-state index contributed by atoms with van der Waals surface area (Å²) in [4.78, 5) is 16.4. The second-order valence-corrected chi connectivity index (χ2v) is 4.66. The second-order valence-electron chi connectivity index (χ2n) is 4.66. The van der Waals surface area contributed by atoms with Crippen LogP contribution in [-0.2, 0) is 17.9 Å². The molecule has 0 aliphatic heterocycles. The predicted octanol–water partition coefficient (Wildman–Crippen LogP) is 1.17. The maximum atomic E-state index is 10.4. The van der Waals surface area contributed by atoms with E-state index in [1.807, 2.05) is 34.4 Å². The normalized spacial score (nSPS) is 10.6. The summed E-state index contributed by atoms with van der Waals surface area (Å²) < 4.78 is 3.94. The Morgan fingerprint density at radius 1 is 1.42 bits per heavy atom. The van der Waals surface area contributed by atoms with Crippen molar-refractivity contribution in [1.29, 1.82) is 0 Å². The van der Waals surface area contributed by atoms with Gasteiger partial charge >= 0.3 is 0 Å². The Morgan fingerprint density at radius 2 is 2.26 bits per heavy atom. The first-order valence-electron chi connectivity index (χ1n) is 6.34. The van der Waals surface area contributed by atoms with E-state index in [4.69, 9.17) is 0 Å². The first-order valence-corrected chi connectivity index (χ1v) is 6.34. The zero-order chi connectivity index (χ0) is 13.7. The molecule has 0 N–H and O–H groups in total. The number of rotatable bonds is 7. The van der Waals surface area contributed by atoms with Crippen LogP contribution in [0.1, 0.15) is 18.5 Å². The number of aryl methyl sites for hydroxylation is 1. The van der Waals surface area contributed by atoms with Gasteiger partial charge in [-0.3, -0.25) is 0 Å². The smallest absolute Gasteiger partial charge is 0.126 e. The topological polar surface area (TPSA) is 56.0 Å². The van der Waals surface area contributed by atoms with Crippen LogP contribution in [0.15, 0.2) is 24.8 Å². The first-order chi connectivity index (χ1) is 9.20. The van der Waals surface area contributed by atoms with E-state index in [0.29, 0.717) is 13.0 Å². The van der Waals surface area contributed by atoms with Gasteiger partial charge in [0.25, 0.3) is 0 Å². The van der Waals surface area contributed by atoms with Gasteiger partial charge in [-0.1, -0.05) is 0 Å². The number of unbranched alkanes of at least 4 members (excludes halogenated alkanes) is 1. The molecule has 0 spiro atoms. The molecule has 0 unspecified atom stereocenters. The van der Waals surface area contributed by atoms with Crippen molar-refractivity contribution in [2.75, 3.05) is 19.0 Å². The van der Waals surface area contributed by atoms with Crippen molar-refractivity contribution in [3.8, 4) is 0 Å². The Bertz CT molecular complexity index is 515. The molecule has 0 radical (unpaired) electrons. The van der Waals surface area contributed by atoms with Gasteiger partial charge in [0.1, 0.15) is 12.1 Å². The van der Waals surface area contributed by atoms with Crippen molar-refractivity contribution < 1.29 is 4.79 Å². The van der Waals surface area contributed by atoms with E-state index in [1.54, 1.807) is 12.5 Å². The van der Waals surface area contributed by atoms with Gasteiger partial charge in [-0.05, 0) is 6.42 Å². The summed E-state index contributed by atoms with van der Waals surface area (Å²) in [5.41, 5.74) is 0.993. The van der Waals surface area contributed by atoms with Gasteiger partial charge in [0.2, 0.25) is 0 Å². The van der Waals surface area contributed by atoms with Crippen LogP contribution in [-0.4, -0.2) is 39.7 Å². The highest BCUT2D eigenvalue weighted by molar-refractivity contribution is 5.49. The lowest BCUT2D eigenvalue weighted by molar-refractivity contribution is -0.107. The van der Waals surface area contributed by atoms with E-state index in [-0.39, 0.29) is 0 Å². The molecule has 19 heavy (non-hydrogen) atoms. The van der Waals surface area contributed by atoms with Crippen LogP contribution in [0.3, 0.4) is 0 Å². The summed E-state index contributed by atoms with van der Waals surface area (Å²) in [6, 6.07) is 2.07. The Balaban J connectivity index is 2.12. The number of hydrogen-bond donors (Lipinski definition) is 0. The van der Waals surface area contributed by atoms with Crippen molar-refractivity contribution in [1.82, 2.24) is 19.3 Å². The van der Waals surface area contributed by atoms with E-state index in [0.717, 1.165) is 30.8 Å². The van der Waals surface area contributed by atoms with Gasteiger partial charge in [0.05, 0.1) is 18.6 Å². The average Bonchev–Trinajstić information content (AvgIpc) is 3.00. The van der Waals surface area contributed by atoms with Crippen molar-refractivity contribution in [2.24, 2.45) is 0 Å². The summed E-state index contributed by atoms with van der Waals surface area (Å²) in [5.74, 6) is 1.06. The minimum absolute atomic E-state index is 0.573. The fraction of sp³-hybridized carbons (Fsp3) is 0.462. The summed E-state index contributed by atoms with van der Waals surface area (Å²) >= 11 is 0. The van der Waals surface area contributed by atoms with E-state index >= 15 is 0 Å². The molecule has 0 amide bonds. The largest absolute Gasteiger partial charge is 0.363 e. The van der Waals surface area contributed by atoms with Gasteiger partial charge in [-0.15, -0.1) is 0 Å². The molecule has 2 aromatic rings.